The van der Waals surface area contributed by atoms with Crippen LogP contribution in [-0.4, -0.2) is 16.1 Å². The van der Waals surface area contributed by atoms with E-state index in [1.807, 2.05) is 0 Å². The number of hydrogen-bond acceptors (Lipinski definition) is 2. The number of hydrogen-bond donors (Lipinski definition) is 1. The normalized spacial score (nSPS) is 10.8. The van der Waals surface area contributed by atoms with Crippen LogP contribution in [0.5, 0.6) is 0 Å². The fourth-order valence-corrected chi connectivity index (χ4v) is 1.92. The highest BCUT2D eigenvalue weighted by molar-refractivity contribution is 9.08. The van der Waals surface area contributed by atoms with E-state index in [1.165, 1.54) is 6.07 Å². The van der Waals surface area contributed by atoms with Gasteiger partial charge in [0.25, 0.3) is 6.43 Å². The third-order valence-corrected chi connectivity index (χ3v) is 2.59. The van der Waals surface area contributed by atoms with Crippen LogP contribution in [0.3, 0.4) is 0 Å². The molecule has 1 aromatic heterocycles. The number of carboxylic acid groups (broad SMARTS) is 1. The van der Waals surface area contributed by atoms with Crippen molar-refractivity contribution in [2.75, 3.05) is 0 Å². The van der Waals surface area contributed by atoms with Crippen LogP contribution in [0.2, 0.25) is 0 Å². The Morgan fingerprint density at radius 1 is 1.62 bits per heavy atom. The second-order valence-corrected chi connectivity index (χ2v) is 3.84. The van der Waals surface area contributed by atoms with Gasteiger partial charge in [0, 0.05) is 16.6 Å². The Bertz CT molecular complexity index is 410. The molecule has 0 aliphatic rings. The van der Waals surface area contributed by atoms with Crippen molar-refractivity contribution in [3.63, 3.8) is 0 Å². The fourth-order valence-electron chi connectivity index (χ4n) is 1.45. The van der Waals surface area contributed by atoms with Gasteiger partial charge < -0.3 is 5.11 Å². The predicted octanol–water partition coefficient (Wildman–Crippen LogP) is 2.85. The lowest BCUT2D eigenvalue weighted by Crippen LogP contribution is -2.09. The zero-order chi connectivity index (χ0) is 12.3. The molecular weight excluding hydrogens is 284 g/mol. The van der Waals surface area contributed by atoms with E-state index in [-0.39, 0.29) is 16.5 Å². The summed E-state index contributed by atoms with van der Waals surface area (Å²) < 4.78 is 25.5. The summed E-state index contributed by atoms with van der Waals surface area (Å²) in [6, 6.07) is 1.23. The fraction of sp³-hybridized carbons (Fsp3) is 0.400. The van der Waals surface area contributed by atoms with Crippen molar-refractivity contribution in [3.8, 4) is 0 Å². The first-order valence-corrected chi connectivity index (χ1v) is 5.63. The van der Waals surface area contributed by atoms with Crippen LogP contribution in [0.15, 0.2) is 6.07 Å². The number of aromatic nitrogens is 1. The zero-order valence-corrected chi connectivity index (χ0v) is 10.1. The van der Waals surface area contributed by atoms with E-state index in [1.54, 1.807) is 6.92 Å². The average Bonchev–Trinajstić information content (AvgIpc) is 2.19. The SMILES string of the molecule is Cc1cc(C(F)F)c(CC(=O)O)c(CBr)n1. The van der Waals surface area contributed by atoms with Crippen LogP contribution in [-0.2, 0) is 16.5 Å². The maximum atomic E-state index is 12.7. The van der Waals surface area contributed by atoms with Crippen molar-refractivity contribution in [1.82, 2.24) is 4.98 Å². The quantitative estimate of drug-likeness (QED) is 0.869. The van der Waals surface area contributed by atoms with E-state index in [2.05, 4.69) is 20.9 Å². The number of aryl methyl sites for hydroxylation is 1. The number of carbonyl (C=O) groups is 1. The highest BCUT2D eigenvalue weighted by Crippen LogP contribution is 2.27. The maximum absolute atomic E-state index is 12.7. The summed E-state index contributed by atoms with van der Waals surface area (Å²) in [5.74, 6) is -1.14. The van der Waals surface area contributed by atoms with E-state index in [4.69, 9.17) is 5.11 Å². The minimum atomic E-state index is -2.69. The molecular formula is C10H10BrF2NO2. The molecule has 3 nitrogen and oxygen atoms in total. The predicted molar refractivity (Wildman–Crippen MR) is 57.9 cm³/mol. The van der Waals surface area contributed by atoms with Gasteiger partial charge >= 0.3 is 5.97 Å². The molecule has 88 valence electrons. The van der Waals surface area contributed by atoms with Gasteiger partial charge in [-0.3, -0.25) is 9.78 Å². The van der Waals surface area contributed by atoms with Gasteiger partial charge in [-0.25, -0.2) is 8.78 Å². The molecule has 0 saturated heterocycles. The van der Waals surface area contributed by atoms with Crippen molar-refractivity contribution in [3.05, 3.63) is 28.6 Å². The number of nitrogens with zero attached hydrogens (tertiary/aromatic N) is 1. The number of halogens is 3. The summed E-state index contributed by atoms with van der Waals surface area (Å²) in [5, 5.41) is 8.94. The first-order valence-electron chi connectivity index (χ1n) is 4.51. The lowest BCUT2D eigenvalue weighted by Gasteiger charge is -2.12. The van der Waals surface area contributed by atoms with Crippen molar-refractivity contribution < 1.29 is 18.7 Å². The zero-order valence-electron chi connectivity index (χ0n) is 8.51. The molecule has 1 aromatic rings. The molecule has 0 atom stereocenters. The molecule has 0 saturated carbocycles. The van der Waals surface area contributed by atoms with Crippen LogP contribution >= 0.6 is 15.9 Å². The maximum Gasteiger partial charge on any atom is 0.307 e. The molecule has 0 radical (unpaired) electrons. The molecule has 0 aliphatic heterocycles. The second-order valence-electron chi connectivity index (χ2n) is 3.28. The summed E-state index contributed by atoms with van der Waals surface area (Å²) in [5.41, 5.74) is 0.672. The van der Waals surface area contributed by atoms with E-state index >= 15 is 0 Å². The Labute approximate surface area is 99.6 Å². The minimum Gasteiger partial charge on any atom is -0.481 e. The standard InChI is InChI=1S/C10H10BrF2NO2/c1-5-2-7(10(12)13)6(3-9(15)16)8(4-11)14-5/h2,10H,3-4H2,1H3,(H,15,16). The van der Waals surface area contributed by atoms with Gasteiger partial charge in [0.1, 0.15) is 0 Å². The van der Waals surface area contributed by atoms with Crippen LogP contribution in [0.25, 0.3) is 0 Å². The molecule has 6 heteroatoms. The first kappa shape index (κ1) is 13.0. The topological polar surface area (TPSA) is 50.2 Å². The Kier molecular flexibility index (Phi) is 4.35. The van der Waals surface area contributed by atoms with Gasteiger partial charge in [-0.2, -0.15) is 0 Å². The van der Waals surface area contributed by atoms with Gasteiger partial charge in [0.2, 0.25) is 0 Å². The van der Waals surface area contributed by atoms with Gasteiger partial charge in [0.05, 0.1) is 12.1 Å². The van der Waals surface area contributed by atoms with E-state index in [0.717, 1.165) is 0 Å². The molecule has 0 spiro atoms. The second kappa shape index (κ2) is 5.34. The number of aliphatic carboxylic acids is 1. The monoisotopic (exact) mass is 293 g/mol. The smallest absolute Gasteiger partial charge is 0.307 e. The highest BCUT2D eigenvalue weighted by atomic mass is 79.9. The molecule has 0 aliphatic carbocycles. The third-order valence-electron chi connectivity index (χ3n) is 2.06. The molecule has 0 bridgehead atoms. The Balaban J connectivity index is 3.32. The summed E-state index contributed by atoms with van der Waals surface area (Å²) >= 11 is 3.12. The van der Waals surface area contributed by atoms with Crippen LogP contribution < -0.4 is 0 Å². The highest BCUT2D eigenvalue weighted by Gasteiger charge is 2.19. The summed E-state index contributed by atoms with van der Waals surface area (Å²) in [4.78, 5) is 14.7. The van der Waals surface area contributed by atoms with Crippen molar-refractivity contribution in [2.24, 2.45) is 0 Å². The summed E-state index contributed by atoms with van der Waals surface area (Å²) in [7, 11) is 0. The average molecular weight is 294 g/mol. The van der Waals surface area contributed by atoms with Gasteiger partial charge in [-0.15, -0.1) is 0 Å². The van der Waals surface area contributed by atoms with E-state index in [9.17, 15) is 13.6 Å². The third kappa shape index (κ3) is 2.98. The van der Waals surface area contributed by atoms with Gasteiger partial charge in [0.15, 0.2) is 0 Å². The first-order chi connectivity index (χ1) is 7.45. The number of alkyl halides is 3. The van der Waals surface area contributed by atoms with Gasteiger partial charge in [-0.05, 0) is 18.6 Å². The Morgan fingerprint density at radius 3 is 2.69 bits per heavy atom. The molecule has 0 fully saturated rings. The number of pyridine rings is 1. The van der Waals surface area contributed by atoms with Crippen LogP contribution in [0.1, 0.15) is 28.9 Å². The largest absolute Gasteiger partial charge is 0.481 e. The molecule has 1 N–H and O–H groups in total. The van der Waals surface area contributed by atoms with Crippen LogP contribution in [0, 0.1) is 6.92 Å². The van der Waals surface area contributed by atoms with Crippen molar-refractivity contribution >= 4 is 21.9 Å². The molecule has 1 rings (SSSR count). The Morgan fingerprint density at radius 2 is 2.25 bits per heavy atom. The van der Waals surface area contributed by atoms with Crippen molar-refractivity contribution in [1.29, 1.82) is 0 Å². The minimum absolute atomic E-state index is 0.102. The lowest BCUT2D eigenvalue weighted by molar-refractivity contribution is -0.136. The number of rotatable bonds is 4. The summed E-state index contributed by atoms with van der Waals surface area (Å²) in [6.45, 7) is 1.60. The van der Waals surface area contributed by atoms with Gasteiger partial charge in [-0.1, -0.05) is 15.9 Å². The van der Waals surface area contributed by atoms with E-state index in [0.29, 0.717) is 11.4 Å². The Hall–Kier alpha value is -1.04. The van der Waals surface area contributed by atoms with Crippen LogP contribution in [0.4, 0.5) is 8.78 Å². The summed E-state index contributed by atoms with van der Waals surface area (Å²) in [6.07, 6.45) is -3.12. The van der Waals surface area contributed by atoms with Crippen molar-refractivity contribution in [2.45, 2.75) is 25.1 Å². The van der Waals surface area contributed by atoms with E-state index < -0.39 is 18.8 Å². The molecule has 0 aromatic carbocycles. The lowest BCUT2D eigenvalue weighted by atomic mass is 10.0. The number of carboxylic acids is 1. The molecule has 16 heavy (non-hydrogen) atoms. The molecule has 1 heterocycles. The molecule has 0 unspecified atom stereocenters. The molecule has 0 amide bonds.